The van der Waals surface area contributed by atoms with Gasteiger partial charge in [0, 0.05) is 13.0 Å². The largest absolute Gasteiger partial charge is 0.345 e. The highest BCUT2D eigenvalue weighted by atomic mass is 16.5. The van der Waals surface area contributed by atoms with Gasteiger partial charge >= 0.3 is 0 Å². The molecule has 1 aromatic carbocycles. The highest BCUT2D eigenvalue weighted by Gasteiger charge is 2.42. The first kappa shape index (κ1) is 9.85. The summed E-state index contributed by atoms with van der Waals surface area (Å²) < 4.78 is 5.78. The highest BCUT2D eigenvalue weighted by Crippen LogP contribution is 2.28. The Morgan fingerprint density at radius 3 is 2.88 bits per heavy atom. The molecule has 1 aromatic rings. The number of hydrogen-bond donors (Lipinski definition) is 0. The number of carbonyl (C=O) groups is 1. The molecule has 3 heteroatoms. The van der Waals surface area contributed by atoms with E-state index in [1.54, 1.807) is 0 Å². The lowest BCUT2D eigenvalue weighted by Crippen LogP contribution is -2.30. The monoisotopic (exact) mass is 217 g/mol. The van der Waals surface area contributed by atoms with E-state index in [2.05, 4.69) is 0 Å². The molecular formula is C13H15NO2. The number of rotatable bonds is 2. The first-order valence-electron chi connectivity index (χ1n) is 5.84. The minimum atomic E-state index is -0.257. The van der Waals surface area contributed by atoms with Crippen LogP contribution in [-0.2, 0) is 16.0 Å². The second kappa shape index (κ2) is 3.91. The van der Waals surface area contributed by atoms with E-state index in [0.717, 1.165) is 19.4 Å². The van der Waals surface area contributed by atoms with Gasteiger partial charge in [-0.2, -0.15) is 0 Å². The molecule has 16 heavy (non-hydrogen) atoms. The van der Waals surface area contributed by atoms with Crippen molar-refractivity contribution in [2.24, 2.45) is 0 Å². The van der Waals surface area contributed by atoms with E-state index in [-0.39, 0.29) is 18.2 Å². The molecule has 84 valence electrons. The van der Waals surface area contributed by atoms with Gasteiger partial charge in [-0.05, 0) is 18.4 Å². The summed E-state index contributed by atoms with van der Waals surface area (Å²) >= 11 is 0. The molecule has 0 bridgehead atoms. The van der Waals surface area contributed by atoms with Crippen molar-refractivity contribution in [1.29, 1.82) is 0 Å². The van der Waals surface area contributed by atoms with E-state index in [0.29, 0.717) is 6.42 Å². The second-order valence-corrected chi connectivity index (χ2v) is 4.44. The van der Waals surface area contributed by atoms with Crippen molar-refractivity contribution in [3.05, 3.63) is 35.9 Å². The molecule has 0 aliphatic carbocycles. The predicted octanol–water partition coefficient (Wildman–Crippen LogP) is 1.58. The Morgan fingerprint density at radius 1 is 1.31 bits per heavy atom. The maximum absolute atomic E-state index is 12.0. The van der Waals surface area contributed by atoms with E-state index in [1.807, 2.05) is 35.2 Å². The molecule has 2 aliphatic heterocycles. The zero-order valence-corrected chi connectivity index (χ0v) is 9.13. The first-order valence-corrected chi connectivity index (χ1v) is 5.84. The van der Waals surface area contributed by atoms with Crippen molar-refractivity contribution < 1.29 is 9.53 Å². The highest BCUT2D eigenvalue weighted by molar-refractivity contribution is 5.83. The number of fused-ring (bicyclic) bond motifs is 1. The van der Waals surface area contributed by atoms with Gasteiger partial charge in [0.15, 0.2) is 0 Å². The molecule has 2 saturated heterocycles. The Kier molecular flexibility index (Phi) is 2.40. The number of nitrogens with zero attached hydrogens (tertiary/aromatic N) is 1. The standard InChI is InChI=1S/C13H15NO2/c15-13-11(9-10-5-2-1-3-6-10)16-12-7-4-8-14(12)13/h1-3,5-6,11-12H,4,7-9H2/t11-,12+/m0/s1. The molecule has 3 rings (SSSR count). The zero-order valence-electron chi connectivity index (χ0n) is 9.13. The van der Waals surface area contributed by atoms with Gasteiger partial charge in [0.1, 0.15) is 12.3 Å². The Bertz CT molecular complexity index is 390. The SMILES string of the molecule is O=C1[C@H](Cc2ccccc2)O[C@@H]2CCCN12. The Hall–Kier alpha value is -1.35. The molecule has 0 spiro atoms. The normalized spacial score (nSPS) is 28.5. The van der Waals surface area contributed by atoms with Crippen LogP contribution in [0.25, 0.3) is 0 Å². The Morgan fingerprint density at radius 2 is 2.12 bits per heavy atom. The number of ether oxygens (including phenoxy) is 1. The van der Waals surface area contributed by atoms with Crippen LogP contribution in [-0.4, -0.2) is 29.7 Å². The maximum atomic E-state index is 12.0. The van der Waals surface area contributed by atoms with E-state index >= 15 is 0 Å². The van der Waals surface area contributed by atoms with Crippen molar-refractivity contribution in [2.45, 2.75) is 31.6 Å². The summed E-state index contributed by atoms with van der Waals surface area (Å²) in [6, 6.07) is 10.1. The second-order valence-electron chi connectivity index (χ2n) is 4.44. The van der Waals surface area contributed by atoms with Crippen LogP contribution >= 0.6 is 0 Å². The molecule has 1 amide bonds. The Labute approximate surface area is 95.0 Å². The lowest BCUT2D eigenvalue weighted by Gasteiger charge is -2.11. The third-order valence-electron chi connectivity index (χ3n) is 3.34. The van der Waals surface area contributed by atoms with Crippen LogP contribution in [0.5, 0.6) is 0 Å². The minimum absolute atomic E-state index is 0.0567. The third kappa shape index (κ3) is 1.61. The van der Waals surface area contributed by atoms with Gasteiger partial charge in [-0.1, -0.05) is 30.3 Å². The van der Waals surface area contributed by atoms with Crippen LogP contribution in [0, 0.1) is 0 Å². The molecule has 0 radical (unpaired) electrons. The third-order valence-corrected chi connectivity index (χ3v) is 3.34. The van der Waals surface area contributed by atoms with Crippen molar-refractivity contribution in [2.75, 3.05) is 6.54 Å². The topological polar surface area (TPSA) is 29.5 Å². The molecule has 0 saturated carbocycles. The lowest BCUT2D eigenvalue weighted by molar-refractivity contribution is -0.129. The van der Waals surface area contributed by atoms with Gasteiger partial charge in [0.25, 0.3) is 5.91 Å². The molecule has 2 fully saturated rings. The van der Waals surface area contributed by atoms with Crippen LogP contribution in [0.2, 0.25) is 0 Å². The summed E-state index contributed by atoms with van der Waals surface area (Å²) in [4.78, 5) is 13.9. The van der Waals surface area contributed by atoms with Crippen molar-refractivity contribution in [3.63, 3.8) is 0 Å². The fourth-order valence-electron chi connectivity index (χ4n) is 2.53. The van der Waals surface area contributed by atoms with E-state index in [1.165, 1.54) is 5.56 Å². The van der Waals surface area contributed by atoms with Crippen LogP contribution in [0.4, 0.5) is 0 Å². The summed E-state index contributed by atoms with van der Waals surface area (Å²) in [5.41, 5.74) is 1.17. The molecule has 2 atom stereocenters. The maximum Gasteiger partial charge on any atom is 0.254 e. The van der Waals surface area contributed by atoms with Crippen LogP contribution in [0.1, 0.15) is 18.4 Å². The molecule has 3 nitrogen and oxygen atoms in total. The predicted molar refractivity (Wildman–Crippen MR) is 59.8 cm³/mol. The van der Waals surface area contributed by atoms with Gasteiger partial charge in [-0.3, -0.25) is 4.79 Å². The van der Waals surface area contributed by atoms with Gasteiger partial charge < -0.3 is 9.64 Å². The average molecular weight is 217 g/mol. The Balaban J connectivity index is 1.71. The van der Waals surface area contributed by atoms with Gasteiger partial charge in [0.2, 0.25) is 0 Å². The van der Waals surface area contributed by atoms with Crippen molar-refractivity contribution >= 4 is 5.91 Å². The summed E-state index contributed by atoms with van der Waals surface area (Å²) in [5, 5.41) is 0. The van der Waals surface area contributed by atoms with Crippen molar-refractivity contribution in [3.8, 4) is 0 Å². The molecule has 0 aromatic heterocycles. The smallest absolute Gasteiger partial charge is 0.254 e. The molecule has 0 unspecified atom stereocenters. The number of amides is 1. The number of hydrogen-bond acceptors (Lipinski definition) is 2. The van der Waals surface area contributed by atoms with Crippen molar-refractivity contribution in [1.82, 2.24) is 4.90 Å². The fraction of sp³-hybridized carbons (Fsp3) is 0.462. The van der Waals surface area contributed by atoms with Gasteiger partial charge in [0.05, 0.1) is 0 Å². The summed E-state index contributed by atoms with van der Waals surface area (Å²) in [7, 11) is 0. The number of benzene rings is 1. The molecular weight excluding hydrogens is 202 g/mol. The van der Waals surface area contributed by atoms with Crippen LogP contribution in [0.15, 0.2) is 30.3 Å². The quantitative estimate of drug-likeness (QED) is 0.752. The fourth-order valence-corrected chi connectivity index (χ4v) is 2.53. The molecule has 2 heterocycles. The summed E-state index contributed by atoms with van der Waals surface area (Å²) in [6.45, 7) is 0.870. The van der Waals surface area contributed by atoms with E-state index < -0.39 is 0 Å². The molecule has 2 aliphatic rings. The zero-order chi connectivity index (χ0) is 11.0. The number of carbonyl (C=O) groups excluding carboxylic acids is 1. The lowest BCUT2D eigenvalue weighted by atomic mass is 10.1. The van der Waals surface area contributed by atoms with Crippen LogP contribution in [0.3, 0.4) is 0 Å². The summed E-state index contributed by atoms with van der Waals surface area (Å²) in [5.74, 6) is 0.173. The van der Waals surface area contributed by atoms with Gasteiger partial charge in [-0.15, -0.1) is 0 Å². The summed E-state index contributed by atoms with van der Waals surface area (Å²) in [6.07, 6.45) is 2.58. The van der Waals surface area contributed by atoms with Crippen LogP contribution < -0.4 is 0 Å². The molecule has 0 N–H and O–H groups in total. The van der Waals surface area contributed by atoms with Gasteiger partial charge in [-0.25, -0.2) is 0 Å². The van der Waals surface area contributed by atoms with E-state index in [9.17, 15) is 4.79 Å². The average Bonchev–Trinajstić information content (AvgIpc) is 2.86. The first-order chi connectivity index (χ1) is 7.84. The van der Waals surface area contributed by atoms with E-state index in [4.69, 9.17) is 4.74 Å². The minimum Gasteiger partial charge on any atom is -0.345 e.